The van der Waals surface area contributed by atoms with Gasteiger partial charge in [0.15, 0.2) is 0 Å². The minimum Gasteiger partial charge on any atom is -0.480 e. The predicted molar refractivity (Wildman–Crippen MR) is 68.1 cm³/mol. The standard InChI is InChI=1S/C13H16F2N2O3/c1-13(2,11(18)19)17(3)12(20)16-7-8-4-5-9(14)6-10(8)15/h4-6H,7H2,1-3H3,(H,16,20)(H,18,19). The number of carboxylic acids is 1. The minimum absolute atomic E-state index is 0.112. The van der Waals surface area contributed by atoms with E-state index in [1.54, 1.807) is 0 Å². The maximum Gasteiger partial charge on any atom is 0.329 e. The quantitative estimate of drug-likeness (QED) is 0.889. The molecule has 0 spiro atoms. The average Bonchev–Trinajstić information content (AvgIpc) is 2.36. The van der Waals surface area contributed by atoms with E-state index in [9.17, 15) is 18.4 Å². The Kier molecular flexibility index (Phi) is 4.65. The number of likely N-dealkylation sites (N-methyl/N-ethyl adjacent to an activating group) is 1. The molecule has 0 aromatic heterocycles. The van der Waals surface area contributed by atoms with Crippen LogP contribution in [0.1, 0.15) is 19.4 Å². The van der Waals surface area contributed by atoms with Crippen LogP contribution in [0.5, 0.6) is 0 Å². The first-order valence-electron chi connectivity index (χ1n) is 5.85. The molecule has 5 nitrogen and oxygen atoms in total. The van der Waals surface area contributed by atoms with E-state index in [1.807, 2.05) is 0 Å². The Morgan fingerprint density at radius 1 is 1.35 bits per heavy atom. The molecular weight excluding hydrogens is 270 g/mol. The highest BCUT2D eigenvalue weighted by molar-refractivity contribution is 5.85. The molecule has 110 valence electrons. The smallest absolute Gasteiger partial charge is 0.329 e. The lowest BCUT2D eigenvalue weighted by Crippen LogP contribution is -2.53. The molecule has 7 heteroatoms. The molecule has 0 radical (unpaired) electrons. The van der Waals surface area contributed by atoms with Crippen LogP contribution in [0.4, 0.5) is 13.6 Å². The fourth-order valence-corrected chi connectivity index (χ4v) is 1.35. The number of carbonyl (C=O) groups is 2. The molecule has 0 fully saturated rings. The van der Waals surface area contributed by atoms with Crippen molar-refractivity contribution in [2.45, 2.75) is 25.9 Å². The fourth-order valence-electron chi connectivity index (χ4n) is 1.35. The molecule has 0 atom stereocenters. The number of halogens is 2. The van der Waals surface area contributed by atoms with Crippen molar-refractivity contribution in [1.82, 2.24) is 10.2 Å². The van der Waals surface area contributed by atoms with Gasteiger partial charge in [0.1, 0.15) is 17.2 Å². The molecule has 0 aliphatic heterocycles. The summed E-state index contributed by atoms with van der Waals surface area (Å²) in [5, 5.41) is 11.4. The number of carbonyl (C=O) groups excluding carboxylic acids is 1. The van der Waals surface area contributed by atoms with Crippen LogP contribution in [0, 0.1) is 11.6 Å². The van der Waals surface area contributed by atoms with Gasteiger partial charge in [-0.3, -0.25) is 0 Å². The highest BCUT2D eigenvalue weighted by Gasteiger charge is 2.35. The van der Waals surface area contributed by atoms with Crippen LogP contribution in [0.25, 0.3) is 0 Å². The van der Waals surface area contributed by atoms with Crippen molar-refractivity contribution in [3.8, 4) is 0 Å². The number of hydrogen-bond acceptors (Lipinski definition) is 2. The summed E-state index contributed by atoms with van der Waals surface area (Å²) in [5.74, 6) is -2.64. The highest BCUT2D eigenvalue weighted by Crippen LogP contribution is 2.13. The van der Waals surface area contributed by atoms with E-state index < -0.39 is 29.2 Å². The largest absolute Gasteiger partial charge is 0.480 e. The van der Waals surface area contributed by atoms with E-state index in [2.05, 4.69) is 5.32 Å². The Labute approximate surface area is 115 Å². The summed E-state index contributed by atoms with van der Waals surface area (Å²) < 4.78 is 26.1. The summed E-state index contributed by atoms with van der Waals surface area (Å²) in [7, 11) is 1.32. The van der Waals surface area contributed by atoms with Crippen molar-refractivity contribution in [3.05, 3.63) is 35.4 Å². The number of hydrogen-bond donors (Lipinski definition) is 2. The zero-order valence-corrected chi connectivity index (χ0v) is 11.4. The molecule has 0 heterocycles. The van der Waals surface area contributed by atoms with Gasteiger partial charge in [-0.2, -0.15) is 0 Å². The summed E-state index contributed by atoms with van der Waals surface area (Å²) in [5.41, 5.74) is -1.29. The van der Waals surface area contributed by atoms with E-state index in [4.69, 9.17) is 5.11 Å². The molecule has 2 N–H and O–H groups in total. The Morgan fingerprint density at radius 3 is 2.45 bits per heavy atom. The van der Waals surface area contributed by atoms with Gasteiger partial charge in [0.25, 0.3) is 0 Å². The molecule has 1 aromatic rings. The molecule has 0 unspecified atom stereocenters. The topological polar surface area (TPSA) is 69.6 Å². The van der Waals surface area contributed by atoms with Gasteiger partial charge in [-0.25, -0.2) is 18.4 Å². The second kappa shape index (κ2) is 5.85. The summed E-state index contributed by atoms with van der Waals surface area (Å²) in [6, 6.07) is 2.34. The molecule has 0 aliphatic rings. The van der Waals surface area contributed by atoms with Gasteiger partial charge in [0.2, 0.25) is 0 Å². The van der Waals surface area contributed by atoms with E-state index in [1.165, 1.54) is 27.0 Å². The maximum absolute atomic E-state index is 13.4. The Balaban J connectivity index is 2.70. The van der Waals surface area contributed by atoms with E-state index in [0.717, 1.165) is 11.0 Å². The summed E-state index contributed by atoms with van der Waals surface area (Å²) in [6.07, 6.45) is 0. The number of nitrogens with zero attached hydrogens (tertiary/aromatic N) is 1. The van der Waals surface area contributed by atoms with Crippen LogP contribution in [0.3, 0.4) is 0 Å². The van der Waals surface area contributed by atoms with Crippen LogP contribution < -0.4 is 5.32 Å². The highest BCUT2D eigenvalue weighted by atomic mass is 19.1. The molecule has 2 amide bonds. The Hall–Kier alpha value is -2.18. The molecule has 1 aromatic carbocycles. The third-order valence-electron chi connectivity index (χ3n) is 3.11. The molecule has 0 bridgehead atoms. The lowest BCUT2D eigenvalue weighted by molar-refractivity contribution is -0.146. The van der Waals surface area contributed by atoms with Crippen LogP contribution in [-0.2, 0) is 11.3 Å². The van der Waals surface area contributed by atoms with Crippen LogP contribution >= 0.6 is 0 Å². The van der Waals surface area contributed by atoms with E-state index in [-0.39, 0.29) is 12.1 Å². The first-order valence-corrected chi connectivity index (χ1v) is 5.85. The first kappa shape index (κ1) is 15.9. The van der Waals surface area contributed by atoms with Gasteiger partial charge in [0, 0.05) is 25.2 Å². The van der Waals surface area contributed by atoms with Crippen molar-refractivity contribution in [2.75, 3.05) is 7.05 Å². The predicted octanol–water partition coefficient (Wildman–Crippen LogP) is 1.97. The van der Waals surface area contributed by atoms with E-state index in [0.29, 0.717) is 6.07 Å². The van der Waals surface area contributed by atoms with Gasteiger partial charge < -0.3 is 15.3 Å². The third kappa shape index (κ3) is 3.43. The zero-order chi connectivity index (χ0) is 15.5. The van der Waals surface area contributed by atoms with Crippen LogP contribution in [-0.4, -0.2) is 34.6 Å². The summed E-state index contributed by atoms with van der Waals surface area (Å²) in [6.45, 7) is 2.58. The molecule has 0 aliphatic carbocycles. The van der Waals surface area contributed by atoms with Gasteiger partial charge >= 0.3 is 12.0 Å². The van der Waals surface area contributed by atoms with Crippen molar-refractivity contribution >= 4 is 12.0 Å². The second-order valence-corrected chi connectivity index (χ2v) is 4.82. The molecular formula is C13H16F2N2O3. The van der Waals surface area contributed by atoms with E-state index >= 15 is 0 Å². The lowest BCUT2D eigenvalue weighted by Gasteiger charge is -2.31. The monoisotopic (exact) mass is 286 g/mol. The SMILES string of the molecule is CN(C(=O)NCc1ccc(F)cc1F)C(C)(C)C(=O)O. The van der Waals surface area contributed by atoms with Gasteiger partial charge in [-0.15, -0.1) is 0 Å². The Morgan fingerprint density at radius 2 is 1.95 bits per heavy atom. The number of benzene rings is 1. The number of nitrogens with one attached hydrogen (secondary N) is 1. The van der Waals surface area contributed by atoms with Crippen molar-refractivity contribution < 1.29 is 23.5 Å². The first-order chi connectivity index (χ1) is 9.16. The number of rotatable bonds is 4. The third-order valence-corrected chi connectivity index (χ3v) is 3.11. The van der Waals surface area contributed by atoms with Gasteiger partial charge in [0.05, 0.1) is 0 Å². The maximum atomic E-state index is 13.4. The van der Waals surface area contributed by atoms with Crippen LogP contribution in [0.2, 0.25) is 0 Å². The number of urea groups is 1. The molecule has 20 heavy (non-hydrogen) atoms. The summed E-state index contributed by atoms with van der Waals surface area (Å²) >= 11 is 0. The number of amides is 2. The number of aliphatic carboxylic acids is 1. The molecule has 1 rings (SSSR count). The van der Waals surface area contributed by atoms with Gasteiger partial charge in [-0.05, 0) is 19.9 Å². The van der Waals surface area contributed by atoms with Crippen LogP contribution in [0.15, 0.2) is 18.2 Å². The average molecular weight is 286 g/mol. The second-order valence-electron chi connectivity index (χ2n) is 4.82. The van der Waals surface area contributed by atoms with Crippen molar-refractivity contribution in [3.63, 3.8) is 0 Å². The molecule has 0 saturated carbocycles. The minimum atomic E-state index is -1.40. The Bertz CT molecular complexity index is 532. The van der Waals surface area contributed by atoms with Gasteiger partial charge in [-0.1, -0.05) is 6.07 Å². The van der Waals surface area contributed by atoms with Crippen molar-refractivity contribution in [2.24, 2.45) is 0 Å². The molecule has 0 saturated heterocycles. The number of carboxylic acid groups (broad SMARTS) is 1. The summed E-state index contributed by atoms with van der Waals surface area (Å²) in [4.78, 5) is 23.8. The zero-order valence-electron chi connectivity index (χ0n) is 11.4. The normalized spacial score (nSPS) is 11.1. The lowest BCUT2D eigenvalue weighted by atomic mass is 10.1. The fraction of sp³-hybridized carbons (Fsp3) is 0.385. The van der Waals surface area contributed by atoms with Crippen molar-refractivity contribution in [1.29, 1.82) is 0 Å².